The Labute approximate surface area is 168 Å². The molecule has 2 aromatic heterocycles. The van der Waals surface area contributed by atoms with Crippen molar-refractivity contribution in [3.05, 3.63) is 77.1 Å². The molecule has 2 N–H and O–H groups in total. The number of aromatic amines is 1. The van der Waals surface area contributed by atoms with Crippen molar-refractivity contribution in [1.29, 1.82) is 0 Å². The van der Waals surface area contributed by atoms with Crippen LogP contribution in [0.2, 0.25) is 0 Å². The Bertz CT molecular complexity index is 1000. The zero-order valence-corrected chi connectivity index (χ0v) is 16.1. The molecule has 0 bridgehead atoms. The maximum Gasteiger partial charge on any atom is 0.272 e. The molecule has 3 heterocycles. The minimum absolute atomic E-state index is 0.115. The molecule has 1 aromatic carbocycles. The van der Waals surface area contributed by atoms with Crippen LogP contribution in [0.15, 0.2) is 48.8 Å². The molecular weight excluding hydrogens is 368 g/mol. The molecule has 4 rings (SSSR count). The van der Waals surface area contributed by atoms with E-state index in [4.69, 9.17) is 0 Å². The van der Waals surface area contributed by atoms with Crippen LogP contribution in [0, 0.1) is 6.92 Å². The van der Waals surface area contributed by atoms with Crippen LogP contribution in [0.25, 0.3) is 0 Å². The summed E-state index contributed by atoms with van der Waals surface area (Å²) >= 11 is 0. The van der Waals surface area contributed by atoms with Crippen molar-refractivity contribution in [2.24, 2.45) is 0 Å². The first kappa shape index (κ1) is 18.8. The summed E-state index contributed by atoms with van der Waals surface area (Å²) < 4.78 is 0. The van der Waals surface area contributed by atoms with Crippen molar-refractivity contribution in [3.8, 4) is 0 Å². The number of hydrogen-bond donors (Lipinski definition) is 2. The van der Waals surface area contributed by atoms with E-state index in [0.29, 0.717) is 35.9 Å². The first-order valence-electron chi connectivity index (χ1n) is 9.59. The Balaban J connectivity index is 1.47. The second-order valence-corrected chi connectivity index (χ2v) is 7.02. The van der Waals surface area contributed by atoms with Gasteiger partial charge in [0, 0.05) is 25.5 Å². The summed E-state index contributed by atoms with van der Waals surface area (Å²) in [5.74, 6) is 0.234. The number of amides is 2. The third kappa shape index (κ3) is 4.01. The van der Waals surface area contributed by atoms with Gasteiger partial charge < -0.3 is 10.2 Å². The molecule has 3 aromatic rings. The van der Waals surface area contributed by atoms with Gasteiger partial charge in [-0.3, -0.25) is 14.7 Å². The summed E-state index contributed by atoms with van der Waals surface area (Å²) in [7, 11) is 0. The van der Waals surface area contributed by atoms with Crippen molar-refractivity contribution < 1.29 is 9.59 Å². The standard InChI is InChI=1S/C21H22N6O2/c1-14-16(20(28)23-12-15-6-3-2-4-7-15)13-22-19(25-14)18-8-5-11-27(18)21(29)17-9-10-24-26-17/h2-4,6-7,9-10,13,18H,5,8,11-12H2,1H3,(H,23,28)(H,24,26)/t18-/m0/s1. The third-order valence-corrected chi connectivity index (χ3v) is 5.08. The molecule has 29 heavy (non-hydrogen) atoms. The lowest BCUT2D eigenvalue weighted by Crippen LogP contribution is -2.32. The number of carbonyl (C=O) groups excluding carboxylic acids is 2. The molecule has 1 saturated heterocycles. The summed E-state index contributed by atoms with van der Waals surface area (Å²) in [6.07, 6.45) is 4.78. The maximum absolute atomic E-state index is 12.7. The van der Waals surface area contributed by atoms with Crippen LogP contribution in [0.4, 0.5) is 0 Å². The minimum atomic E-state index is -0.213. The number of nitrogens with zero attached hydrogens (tertiary/aromatic N) is 4. The predicted octanol–water partition coefficient (Wildman–Crippen LogP) is 2.42. The van der Waals surface area contributed by atoms with Gasteiger partial charge >= 0.3 is 0 Å². The van der Waals surface area contributed by atoms with E-state index in [2.05, 4.69) is 25.5 Å². The number of carbonyl (C=O) groups is 2. The van der Waals surface area contributed by atoms with E-state index in [9.17, 15) is 9.59 Å². The summed E-state index contributed by atoms with van der Waals surface area (Å²) in [6, 6.07) is 11.2. The molecule has 148 valence electrons. The van der Waals surface area contributed by atoms with E-state index >= 15 is 0 Å². The van der Waals surface area contributed by atoms with E-state index in [0.717, 1.165) is 18.4 Å². The van der Waals surface area contributed by atoms with Gasteiger partial charge in [0.2, 0.25) is 0 Å². The van der Waals surface area contributed by atoms with Crippen LogP contribution in [-0.4, -0.2) is 43.4 Å². The van der Waals surface area contributed by atoms with Gasteiger partial charge in [-0.15, -0.1) is 0 Å². The lowest BCUT2D eigenvalue weighted by molar-refractivity contribution is 0.0723. The minimum Gasteiger partial charge on any atom is -0.348 e. The van der Waals surface area contributed by atoms with Crippen LogP contribution in [0.1, 0.15) is 56.8 Å². The molecule has 1 fully saturated rings. The van der Waals surface area contributed by atoms with Gasteiger partial charge in [0.1, 0.15) is 5.69 Å². The summed E-state index contributed by atoms with van der Waals surface area (Å²) in [5, 5.41) is 9.46. The molecule has 0 spiro atoms. The van der Waals surface area contributed by atoms with E-state index in [1.54, 1.807) is 30.3 Å². The van der Waals surface area contributed by atoms with Gasteiger partial charge in [0.15, 0.2) is 5.82 Å². The fourth-order valence-corrected chi connectivity index (χ4v) is 3.55. The number of benzene rings is 1. The quantitative estimate of drug-likeness (QED) is 0.696. The highest BCUT2D eigenvalue weighted by molar-refractivity contribution is 5.95. The first-order valence-corrected chi connectivity index (χ1v) is 9.59. The molecule has 0 radical (unpaired) electrons. The number of nitrogens with one attached hydrogen (secondary N) is 2. The number of likely N-dealkylation sites (tertiary alicyclic amines) is 1. The van der Waals surface area contributed by atoms with E-state index < -0.39 is 0 Å². The van der Waals surface area contributed by atoms with Crippen molar-refractivity contribution in [1.82, 2.24) is 30.4 Å². The highest BCUT2D eigenvalue weighted by atomic mass is 16.2. The van der Waals surface area contributed by atoms with Gasteiger partial charge in [-0.1, -0.05) is 30.3 Å². The first-order chi connectivity index (χ1) is 14.1. The Hall–Kier alpha value is -3.55. The van der Waals surface area contributed by atoms with Crippen LogP contribution >= 0.6 is 0 Å². The molecule has 2 amide bonds. The molecule has 1 atom stereocenters. The zero-order chi connectivity index (χ0) is 20.2. The molecule has 8 heteroatoms. The van der Waals surface area contributed by atoms with Gasteiger partial charge in [0.25, 0.3) is 11.8 Å². The SMILES string of the molecule is Cc1nc([C@@H]2CCCN2C(=O)c2ccn[nH]2)ncc1C(=O)NCc1ccccc1. The number of H-pyrrole nitrogens is 1. The van der Waals surface area contributed by atoms with Gasteiger partial charge in [-0.2, -0.15) is 5.10 Å². The molecule has 0 aliphatic carbocycles. The van der Waals surface area contributed by atoms with Crippen LogP contribution in [0.5, 0.6) is 0 Å². The second-order valence-electron chi connectivity index (χ2n) is 7.02. The molecule has 0 unspecified atom stereocenters. The number of hydrogen-bond acceptors (Lipinski definition) is 5. The average Bonchev–Trinajstić information content (AvgIpc) is 3.44. The Morgan fingerprint density at radius 2 is 2.07 bits per heavy atom. The smallest absolute Gasteiger partial charge is 0.272 e. The van der Waals surface area contributed by atoms with E-state index in [1.807, 2.05) is 30.3 Å². The largest absolute Gasteiger partial charge is 0.348 e. The monoisotopic (exact) mass is 390 g/mol. The number of aromatic nitrogens is 4. The van der Waals surface area contributed by atoms with Crippen molar-refractivity contribution in [2.75, 3.05) is 6.54 Å². The average molecular weight is 390 g/mol. The van der Waals surface area contributed by atoms with Crippen molar-refractivity contribution >= 4 is 11.8 Å². The van der Waals surface area contributed by atoms with Gasteiger partial charge in [0.05, 0.1) is 17.3 Å². The fraction of sp³-hybridized carbons (Fsp3) is 0.286. The highest BCUT2D eigenvalue weighted by Gasteiger charge is 2.33. The Kier molecular flexibility index (Phi) is 5.33. The van der Waals surface area contributed by atoms with E-state index in [1.165, 1.54) is 0 Å². The topological polar surface area (TPSA) is 104 Å². The summed E-state index contributed by atoms with van der Waals surface area (Å²) in [6.45, 7) is 2.87. The molecule has 0 saturated carbocycles. The van der Waals surface area contributed by atoms with Crippen LogP contribution < -0.4 is 5.32 Å². The molecule has 1 aliphatic heterocycles. The number of rotatable bonds is 5. The second kappa shape index (κ2) is 8.22. The Morgan fingerprint density at radius 1 is 1.24 bits per heavy atom. The van der Waals surface area contributed by atoms with Gasteiger partial charge in [-0.05, 0) is 31.4 Å². The molecule has 8 nitrogen and oxygen atoms in total. The van der Waals surface area contributed by atoms with Crippen LogP contribution in [-0.2, 0) is 6.54 Å². The van der Waals surface area contributed by atoms with E-state index in [-0.39, 0.29) is 17.9 Å². The van der Waals surface area contributed by atoms with Crippen LogP contribution in [0.3, 0.4) is 0 Å². The van der Waals surface area contributed by atoms with Crippen molar-refractivity contribution in [2.45, 2.75) is 32.4 Å². The molecule has 1 aliphatic rings. The Morgan fingerprint density at radius 3 is 2.79 bits per heavy atom. The van der Waals surface area contributed by atoms with Crippen molar-refractivity contribution in [3.63, 3.8) is 0 Å². The lowest BCUT2D eigenvalue weighted by atomic mass is 10.1. The number of aryl methyl sites for hydroxylation is 1. The predicted molar refractivity (Wildman–Crippen MR) is 106 cm³/mol. The maximum atomic E-state index is 12.7. The highest BCUT2D eigenvalue weighted by Crippen LogP contribution is 2.31. The summed E-state index contributed by atoms with van der Waals surface area (Å²) in [5.41, 5.74) is 2.51. The fourth-order valence-electron chi connectivity index (χ4n) is 3.55. The third-order valence-electron chi connectivity index (χ3n) is 5.08. The normalized spacial score (nSPS) is 16.0. The van der Waals surface area contributed by atoms with Gasteiger partial charge in [-0.25, -0.2) is 9.97 Å². The summed E-state index contributed by atoms with van der Waals surface area (Å²) in [4.78, 5) is 36.0. The zero-order valence-electron chi connectivity index (χ0n) is 16.1. The lowest BCUT2D eigenvalue weighted by Gasteiger charge is -2.23. The molecular formula is C21H22N6O2.